The molecule has 0 aliphatic rings. The van der Waals surface area contributed by atoms with Crippen molar-refractivity contribution in [1.29, 1.82) is 0 Å². The van der Waals surface area contributed by atoms with E-state index in [9.17, 15) is 9.59 Å². The summed E-state index contributed by atoms with van der Waals surface area (Å²) in [7, 11) is 0. The highest BCUT2D eigenvalue weighted by molar-refractivity contribution is 5.70. The number of carboxylic acids is 1. The summed E-state index contributed by atoms with van der Waals surface area (Å²) in [5.41, 5.74) is 0. The van der Waals surface area contributed by atoms with Crippen molar-refractivity contribution in [3.05, 3.63) is 0 Å². The summed E-state index contributed by atoms with van der Waals surface area (Å²) in [6.07, 6.45) is 5.27. The molecule has 0 saturated carbocycles. The van der Waals surface area contributed by atoms with Gasteiger partial charge in [-0.1, -0.05) is 26.2 Å². The number of rotatable bonds is 10. The lowest BCUT2D eigenvalue weighted by Crippen LogP contribution is -2.13. The number of hydrogen-bond acceptors (Lipinski definition) is 3. The number of carbonyl (C=O) groups excluding carboxylic acids is 1. The maximum Gasteiger partial charge on any atom is 0.306 e. The second-order valence-corrected chi connectivity index (χ2v) is 4.23. The highest BCUT2D eigenvalue weighted by Gasteiger charge is 2.16. The fraction of sp³-hybridized carbons (Fsp3) is 0.846. The van der Waals surface area contributed by atoms with Crippen LogP contribution in [0.5, 0.6) is 0 Å². The molecule has 1 atom stereocenters. The summed E-state index contributed by atoms with van der Waals surface area (Å²) >= 11 is 0. The predicted molar refractivity (Wildman–Crippen MR) is 65.8 cm³/mol. The first-order valence-corrected chi connectivity index (χ1v) is 6.50. The standard InChI is InChI=1S/C13H24O4/c1-3-5-8-11(13(15)16)9-6-7-10-12(14)17-4-2/h11H,3-10H2,1-2H3,(H,15,16). The fourth-order valence-corrected chi connectivity index (χ4v) is 1.74. The minimum Gasteiger partial charge on any atom is -0.481 e. The molecule has 100 valence electrons. The van der Waals surface area contributed by atoms with Gasteiger partial charge in [-0.2, -0.15) is 0 Å². The van der Waals surface area contributed by atoms with Crippen LogP contribution in [0.3, 0.4) is 0 Å². The predicted octanol–water partition coefficient (Wildman–Crippen LogP) is 3.00. The Morgan fingerprint density at radius 1 is 1.12 bits per heavy atom. The zero-order valence-corrected chi connectivity index (χ0v) is 10.9. The van der Waals surface area contributed by atoms with Crippen molar-refractivity contribution < 1.29 is 19.4 Å². The molecule has 0 fully saturated rings. The van der Waals surface area contributed by atoms with E-state index in [1.165, 1.54) is 0 Å². The van der Waals surface area contributed by atoms with Crippen LogP contribution in [0, 0.1) is 5.92 Å². The largest absolute Gasteiger partial charge is 0.481 e. The van der Waals surface area contributed by atoms with Gasteiger partial charge in [0.1, 0.15) is 0 Å². The van der Waals surface area contributed by atoms with Crippen molar-refractivity contribution in [3.63, 3.8) is 0 Å². The van der Waals surface area contributed by atoms with Crippen LogP contribution < -0.4 is 0 Å². The highest BCUT2D eigenvalue weighted by atomic mass is 16.5. The molecule has 0 aliphatic carbocycles. The van der Waals surface area contributed by atoms with Crippen LogP contribution in [-0.2, 0) is 14.3 Å². The monoisotopic (exact) mass is 244 g/mol. The maximum absolute atomic E-state index is 11.1. The first-order chi connectivity index (χ1) is 8.11. The molecular weight excluding hydrogens is 220 g/mol. The van der Waals surface area contributed by atoms with Gasteiger partial charge in [0, 0.05) is 6.42 Å². The van der Waals surface area contributed by atoms with Gasteiger partial charge >= 0.3 is 11.9 Å². The third kappa shape index (κ3) is 8.72. The summed E-state index contributed by atoms with van der Waals surface area (Å²) in [5.74, 6) is -1.15. The molecule has 0 heterocycles. The van der Waals surface area contributed by atoms with Gasteiger partial charge in [0.05, 0.1) is 12.5 Å². The summed E-state index contributed by atoms with van der Waals surface area (Å²) in [6.45, 7) is 4.25. The number of esters is 1. The van der Waals surface area contributed by atoms with Crippen LogP contribution >= 0.6 is 0 Å². The molecule has 0 aromatic carbocycles. The maximum atomic E-state index is 11.1. The molecule has 0 bridgehead atoms. The average molecular weight is 244 g/mol. The van der Waals surface area contributed by atoms with Crippen molar-refractivity contribution in [3.8, 4) is 0 Å². The van der Waals surface area contributed by atoms with Crippen LogP contribution in [0.4, 0.5) is 0 Å². The van der Waals surface area contributed by atoms with E-state index in [4.69, 9.17) is 9.84 Å². The molecule has 0 aromatic rings. The second kappa shape index (κ2) is 10.1. The van der Waals surface area contributed by atoms with Crippen LogP contribution in [0.1, 0.15) is 58.8 Å². The van der Waals surface area contributed by atoms with Gasteiger partial charge in [0.15, 0.2) is 0 Å². The van der Waals surface area contributed by atoms with E-state index in [0.29, 0.717) is 19.4 Å². The minimum absolute atomic E-state index is 0.187. The number of ether oxygens (including phenoxy) is 1. The molecule has 1 unspecified atom stereocenters. The smallest absolute Gasteiger partial charge is 0.306 e. The molecular formula is C13H24O4. The van der Waals surface area contributed by atoms with Crippen molar-refractivity contribution >= 4 is 11.9 Å². The van der Waals surface area contributed by atoms with E-state index in [1.807, 2.05) is 0 Å². The molecule has 4 heteroatoms. The highest BCUT2D eigenvalue weighted by Crippen LogP contribution is 2.17. The number of hydrogen-bond donors (Lipinski definition) is 1. The van der Waals surface area contributed by atoms with Gasteiger partial charge in [-0.15, -0.1) is 0 Å². The Hall–Kier alpha value is -1.06. The van der Waals surface area contributed by atoms with Crippen LogP contribution in [0.2, 0.25) is 0 Å². The Morgan fingerprint density at radius 3 is 2.29 bits per heavy atom. The normalized spacial score (nSPS) is 12.1. The summed E-state index contributed by atoms with van der Waals surface area (Å²) in [5, 5.41) is 9.00. The molecule has 0 aliphatic heterocycles. The molecule has 4 nitrogen and oxygen atoms in total. The van der Waals surface area contributed by atoms with Gasteiger partial charge in [0.2, 0.25) is 0 Å². The second-order valence-electron chi connectivity index (χ2n) is 4.23. The van der Waals surface area contributed by atoms with Gasteiger partial charge in [-0.3, -0.25) is 9.59 Å². The van der Waals surface area contributed by atoms with E-state index < -0.39 is 5.97 Å². The van der Waals surface area contributed by atoms with E-state index >= 15 is 0 Å². The number of unbranched alkanes of at least 4 members (excludes halogenated alkanes) is 2. The zero-order chi connectivity index (χ0) is 13.1. The van der Waals surface area contributed by atoms with Crippen molar-refractivity contribution in [2.75, 3.05) is 6.61 Å². The Labute approximate surface area is 103 Å². The molecule has 0 saturated heterocycles. The Balaban J connectivity index is 3.67. The van der Waals surface area contributed by atoms with Crippen LogP contribution in [-0.4, -0.2) is 23.7 Å². The van der Waals surface area contributed by atoms with Gasteiger partial charge in [-0.05, 0) is 26.2 Å². The van der Waals surface area contributed by atoms with Crippen molar-refractivity contribution in [2.45, 2.75) is 58.8 Å². The molecule has 0 radical (unpaired) electrons. The Bertz CT molecular complexity index is 225. The molecule has 1 N–H and O–H groups in total. The topological polar surface area (TPSA) is 63.6 Å². The third-order valence-corrected chi connectivity index (χ3v) is 2.74. The zero-order valence-electron chi connectivity index (χ0n) is 10.9. The SMILES string of the molecule is CCCCC(CCCCC(=O)OCC)C(=O)O. The molecule has 0 spiro atoms. The summed E-state index contributed by atoms with van der Waals surface area (Å²) in [4.78, 5) is 22.0. The lowest BCUT2D eigenvalue weighted by molar-refractivity contribution is -0.143. The average Bonchev–Trinajstić information content (AvgIpc) is 2.28. The number of carbonyl (C=O) groups is 2. The molecule has 0 aromatic heterocycles. The quantitative estimate of drug-likeness (QED) is 0.474. The first kappa shape index (κ1) is 15.9. The lowest BCUT2D eigenvalue weighted by atomic mass is 9.96. The molecule has 17 heavy (non-hydrogen) atoms. The molecule has 0 amide bonds. The van der Waals surface area contributed by atoms with E-state index in [-0.39, 0.29) is 11.9 Å². The van der Waals surface area contributed by atoms with Crippen LogP contribution in [0.25, 0.3) is 0 Å². The Morgan fingerprint density at radius 2 is 1.76 bits per heavy atom. The number of carboxylic acid groups (broad SMARTS) is 1. The van der Waals surface area contributed by atoms with E-state index in [0.717, 1.165) is 32.1 Å². The van der Waals surface area contributed by atoms with E-state index in [2.05, 4.69) is 6.92 Å². The van der Waals surface area contributed by atoms with Crippen molar-refractivity contribution in [2.24, 2.45) is 5.92 Å². The van der Waals surface area contributed by atoms with E-state index in [1.54, 1.807) is 6.92 Å². The number of aliphatic carboxylic acids is 1. The summed E-state index contributed by atoms with van der Waals surface area (Å²) in [6, 6.07) is 0. The fourth-order valence-electron chi connectivity index (χ4n) is 1.74. The van der Waals surface area contributed by atoms with Gasteiger partial charge in [0.25, 0.3) is 0 Å². The van der Waals surface area contributed by atoms with Crippen LogP contribution in [0.15, 0.2) is 0 Å². The van der Waals surface area contributed by atoms with Gasteiger partial charge in [-0.25, -0.2) is 0 Å². The Kier molecular flexibility index (Phi) is 9.49. The third-order valence-electron chi connectivity index (χ3n) is 2.74. The minimum atomic E-state index is -0.713. The molecule has 0 rings (SSSR count). The first-order valence-electron chi connectivity index (χ1n) is 6.50. The lowest BCUT2D eigenvalue weighted by Gasteiger charge is -2.11. The summed E-state index contributed by atoms with van der Waals surface area (Å²) < 4.78 is 4.81. The van der Waals surface area contributed by atoms with Crippen molar-refractivity contribution in [1.82, 2.24) is 0 Å². The van der Waals surface area contributed by atoms with Gasteiger partial charge < -0.3 is 9.84 Å².